The van der Waals surface area contributed by atoms with Gasteiger partial charge in [0.1, 0.15) is 18.1 Å². The molecule has 2 aromatic rings. The van der Waals surface area contributed by atoms with E-state index in [1.807, 2.05) is 0 Å². The molecule has 20 heavy (non-hydrogen) atoms. The highest BCUT2D eigenvalue weighted by Crippen LogP contribution is 2.27. The Morgan fingerprint density at radius 1 is 1.45 bits per heavy atom. The summed E-state index contributed by atoms with van der Waals surface area (Å²) in [6, 6.07) is 4.59. The van der Waals surface area contributed by atoms with Crippen LogP contribution in [0.25, 0.3) is 0 Å². The van der Waals surface area contributed by atoms with Crippen molar-refractivity contribution in [2.75, 3.05) is 5.32 Å². The highest BCUT2D eigenvalue weighted by atomic mass is 16.6. The second-order valence-electron chi connectivity index (χ2n) is 4.16. The van der Waals surface area contributed by atoms with Crippen LogP contribution in [0.5, 0.6) is 0 Å². The van der Waals surface area contributed by atoms with E-state index in [1.165, 1.54) is 10.7 Å². The number of nitro benzene ring substituents is 1. The number of carbonyl (C=O) groups is 1. The van der Waals surface area contributed by atoms with Gasteiger partial charge in [-0.15, -0.1) is 5.10 Å². The molecule has 1 N–H and O–H groups in total. The predicted octanol–water partition coefficient (Wildman–Crippen LogP) is 0.837. The summed E-state index contributed by atoms with van der Waals surface area (Å²) in [7, 11) is 0. The molecule has 0 aliphatic rings. The zero-order chi connectivity index (χ0) is 14.7. The lowest BCUT2D eigenvalue weighted by Crippen LogP contribution is -2.21. The second kappa shape index (κ2) is 5.43. The number of nitrogens with zero attached hydrogens (tertiary/aromatic N) is 5. The Balaban J connectivity index is 2.20. The molecular weight excluding hydrogens is 264 g/mol. The van der Waals surface area contributed by atoms with E-state index in [0.29, 0.717) is 11.4 Å². The number of carbonyl (C=O) groups excluding carboxylic acids is 1. The second-order valence-corrected chi connectivity index (χ2v) is 4.16. The van der Waals surface area contributed by atoms with Gasteiger partial charge in [0.25, 0.3) is 5.69 Å². The van der Waals surface area contributed by atoms with Gasteiger partial charge in [-0.25, -0.2) is 4.68 Å². The number of rotatable bonds is 4. The van der Waals surface area contributed by atoms with E-state index in [4.69, 9.17) is 0 Å². The van der Waals surface area contributed by atoms with Gasteiger partial charge in [-0.3, -0.25) is 14.9 Å². The minimum absolute atomic E-state index is 0.107. The van der Waals surface area contributed by atoms with Gasteiger partial charge >= 0.3 is 0 Å². The van der Waals surface area contributed by atoms with Crippen molar-refractivity contribution in [3.63, 3.8) is 0 Å². The number of aryl methyl sites for hydroxylation is 2. The van der Waals surface area contributed by atoms with E-state index in [9.17, 15) is 14.9 Å². The fourth-order valence-corrected chi connectivity index (χ4v) is 1.68. The first kappa shape index (κ1) is 13.6. The maximum atomic E-state index is 11.9. The summed E-state index contributed by atoms with van der Waals surface area (Å²) in [5.41, 5.74) is 0.654. The van der Waals surface area contributed by atoms with Crippen molar-refractivity contribution in [2.45, 2.75) is 20.4 Å². The molecule has 1 amide bonds. The minimum Gasteiger partial charge on any atom is -0.319 e. The van der Waals surface area contributed by atoms with E-state index in [1.54, 1.807) is 26.0 Å². The van der Waals surface area contributed by atoms with E-state index < -0.39 is 10.8 Å². The van der Waals surface area contributed by atoms with Gasteiger partial charge in [-0.2, -0.15) is 0 Å². The molecule has 0 bridgehead atoms. The molecule has 104 valence electrons. The number of hydrogen-bond acceptors (Lipinski definition) is 6. The lowest BCUT2D eigenvalue weighted by atomic mass is 10.1. The number of aromatic nitrogens is 4. The van der Waals surface area contributed by atoms with Crippen LogP contribution in [0.15, 0.2) is 18.2 Å². The molecular formula is C11H12N6O3. The molecule has 9 nitrogen and oxygen atoms in total. The molecule has 0 saturated heterocycles. The summed E-state index contributed by atoms with van der Waals surface area (Å²) in [5.74, 6) is 0.0530. The summed E-state index contributed by atoms with van der Waals surface area (Å²) < 4.78 is 1.30. The Kier molecular flexibility index (Phi) is 3.69. The monoisotopic (exact) mass is 276 g/mol. The van der Waals surface area contributed by atoms with Gasteiger partial charge in [0.15, 0.2) is 0 Å². The Morgan fingerprint density at radius 3 is 2.80 bits per heavy atom. The first-order valence-electron chi connectivity index (χ1n) is 5.75. The molecule has 0 atom stereocenters. The van der Waals surface area contributed by atoms with Crippen LogP contribution in [0.2, 0.25) is 0 Å². The van der Waals surface area contributed by atoms with Crippen LogP contribution in [0.3, 0.4) is 0 Å². The Labute approximate surface area is 113 Å². The maximum Gasteiger partial charge on any atom is 0.293 e. The zero-order valence-corrected chi connectivity index (χ0v) is 10.9. The van der Waals surface area contributed by atoms with Gasteiger partial charge in [0.05, 0.1) is 4.92 Å². The predicted molar refractivity (Wildman–Crippen MR) is 69.0 cm³/mol. The van der Waals surface area contributed by atoms with Gasteiger partial charge in [-0.1, -0.05) is 12.1 Å². The molecule has 0 spiro atoms. The third-order valence-corrected chi connectivity index (χ3v) is 2.72. The van der Waals surface area contributed by atoms with Crippen LogP contribution in [0, 0.1) is 24.0 Å². The smallest absolute Gasteiger partial charge is 0.293 e. The molecule has 9 heteroatoms. The first-order chi connectivity index (χ1) is 9.49. The molecule has 2 rings (SSSR count). The number of tetrazole rings is 1. The summed E-state index contributed by atoms with van der Waals surface area (Å²) in [6.07, 6.45) is 0. The normalized spacial score (nSPS) is 10.3. The Bertz CT molecular complexity index is 666. The van der Waals surface area contributed by atoms with Gasteiger partial charge in [-0.05, 0) is 29.8 Å². The molecule has 1 aromatic heterocycles. The molecule has 0 aliphatic carbocycles. The Hall–Kier alpha value is -2.84. The number of anilines is 1. The van der Waals surface area contributed by atoms with Gasteiger partial charge < -0.3 is 5.32 Å². The molecule has 0 radical (unpaired) electrons. The minimum atomic E-state index is -0.537. The average molecular weight is 276 g/mol. The van der Waals surface area contributed by atoms with E-state index >= 15 is 0 Å². The van der Waals surface area contributed by atoms with Crippen LogP contribution >= 0.6 is 0 Å². The van der Waals surface area contributed by atoms with Crippen molar-refractivity contribution in [1.29, 1.82) is 0 Å². The number of para-hydroxylation sites is 1. The summed E-state index contributed by atoms with van der Waals surface area (Å²) >= 11 is 0. The van der Waals surface area contributed by atoms with E-state index in [0.717, 1.165) is 0 Å². The topological polar surface area (TPSA) is 116 Å². The molecule has 1 aromatic carbocycles. The lowest BCUT2D eigenvalue weighted by molar-refractivity contribution is -0.384. The highest BCUT2D eigenvalue weighted by Gasteiger charge is 2.18. The molecule has 0 saturated carbocycles. The number of nitro groups is 1. The molecule has 0 unspecified atom stereocenters. The van der Waals surface area contributed by atoms with Crippen LogP contribution in [0.1, 0.15) is 11.4 Å². The van der Waals surface area contributed by atoms with E-state index in [-0.39, 0.29) is 17.9 Å². The number of benzene rings is 1. The van der Waals surface area contributed by atoms with Crippen LogP contribution < -0.4 is 5.32 Å². The van der Waals surface area contributed by atoms with Crippen molar-refractivity contribution in [3.05, 3.63) is 39.7 Å². The van der Waals surface area contributed by atoms with Crippen LogP contribution in [0.4, 0.5) is 11.4 Å². The molecule has 1 heterocycles. The van der Waals surface area contributed by atoms with Crippen LogP contribution in [-0.2, 0) is 11.3 Å². The van der Waals surface area contributed by atoms with Crippen molar-refractivity contribution in [3.8, 4) is 0 Å². The van der Waals surface area contributed by atoms with Gasteiger partial charge in [0, 0.05) is 6.07 Å². The van der Waals surface area contributed by atoms with E-state index in [2.05, 4.69) is 20.8 Å². The summed E-state index contributed by atoms with van der Waals surface area (Å²) in [5, 5.41) is 24.2. The average Bonchev–Trinajstić information content (AvgIpc) is 2.77. The van der Waals surface area contributed by atoms with Crippen molar-refractivity contribution < 1.29 is 9.72 Å². The first-order valence-corrected chi connectivity index (χ1v) is 5.75. The molecule has 0 fully saturated rings. The fourth-order valence-electron chi connectivity index (χ4n) is 1.68. The number of amides is 1. The lowest BCUT2D eigenvalue weighted by Gasteiger charge is -2.08. The Morgan fingerprint density at radius 2 is 2.20 bits per heavy atom. The quantitative estimate of drug-likeness (QED) is 0.653. The largest absolute Gasteiger partial charge is 0.319 e. The van der Waals surface area contributed by atoms with Gasteiger partial charge in [0.2, 0.25) is 5.91 Å². The van der Waals surface area contributed by atoms with Crippen LogP contribution in [-0.4, -0.2) is 31.0 Å². The van der Waals surface area contributed by atoms with Crippen molar-refractivity contribution in [2.24, 2.45) is 0 Å². The molecule has 0 aliphatic heterocycles. The van der Waals surface area contributed by atoms with Crippen molar-refractivity contribution in [1.82, 2.24) is 20.2 Å². The SMILES string of the molecule is Cc1cccc([N+](=O)[O-])c1NC(=O)Cn1nnnc1C. The third-order valence-electron chi connectivity index (χ3n) is 2.72. The zero-order valence-electron chi connectivity index (χ0n) is 10.9. The highest BCUT2D eigenvalue weighted by molar-refractivity contribution is 5.93. The standard InChI is InChI=1S/C11H12N6O3/c1-7-4-3-5-9(17(19)20)11(7)12-10(18)6-16-8(2)13-14-15-16/h3-5H,6H2,1-2H3,(H,12,18). The fraction of sp³-hybridized carbons (Fsp3) is 0.273. The number of nitrogens with one attached hydrogen (secondary N) is 1. The summed E-state index contributed by atoms with van der Waals surface area (Å²) in [6.45, 7) is 3.23. The third kappa shape index (κ3) is 2.76. The summed E-state index contributed by atoms with van der Waals surface area (Å²) in [4.78, 5) is 22.3. The van der Waals surface area contributed by atoms with Crippen molar-refractivity contribution >= 4 is 17.3 Å². The maximum absolute atomic E-state index is 11.9. The number of hydrogen-bond donors (Lipinski definition) is 1.